The van der Waals surface area contributed by atoms with Gasteiger partial charge in [0, 0.05) is 31.5 Å². The van der Waals surface area contributed by atoms with Crippen LogP contribution in [0.3, 0.4) is 0 Å². The minimum absolute atomic E-state index is 0.0886. The highest BCUT2D eigenvalue weighted by Gasteiger charge is 2.22. The predicted octanol–water partition coefficient (Wildman–Crippen LogP) is 4.19. The summed E-state index contributed by atoms with van der Waals surface area (Å²) in [6.07, 6.45) is 4.45. The molecule has 6 nitrogen and oxygen atoms in total. The van der Waals surface area contributed by atoms with Crippen LogP contribution in [0.1, 0.15) is 70.1 Å². The fourth-order valence-electron chi connectivity index (χ4n) is 3.33. The Bertz CT molecular complexity index is 624. The van der Waals surface area contributed by atoms with Crippen molar-refractivity contribution in [3.8, 4) is 0 Å². The molecule has 0 spiro atoms. The first-order valence-corrected chi connectivity index (χ1v) is 11.1. The van der Waals surface area contributed by atoms with E-state index in [1.165, 1.54) is 0 Å². The molecule has 1 heterocycles. The largest absolute Gasteiger partial charge is 0.466 e. The standard InChI is InChI=1S/C24H38O6/c1-4-28-22(26)12-11-19-8-7-9-20(16-19)21(30-23-10-5-6-14-29-23)13-15-27-18-24(2,3)17-25/h7-9,16,21,23,25H,4-6,10-15,17-18H2,1-3H3. The van der Waals surface area contributed by atoms with Crippen molar-refractivity contribution >= 4 is 5.97 Å². The summed E-state index contributed by atoms with van der Waals surface area (Å²) in [6, 6.07) is 8.18. The Kier molecular flexibility index (Phi) is 10.8. The fraction of sp³-hybridized carbons (Fsp3) is 0.708. The summed E-state index contributed by atoms with van der Waals surface area (Å²) < 4.78 is 23.0. The highest BCUT2D eigenvalue weighted by molar-refractivity contribution is 5.69. The van der Waals surface area contributed by atoms with Gasteiger partial charge in [-0.25, -0.2) is 0 Å². The van der Waals surface area contributed by atoms with Crippen molar-refractivity contribution in [1.29, 1.82) is 0 Å². The molecule has 0 radical (unpaired) electrons. The van der Waals surface area contributed by atoms with E-state index in [2.05, 4.69) is 12.1 Å². The number of hydrogen-bond acceptors (Lipinski definition) is 6. The summed E-state index contributed by atoms with van der Waals surface area (Å²) >= 11 is 0. The molecule has 0 aromatic heterocycles. The molecule has 1 N–H and O–H groups in total. The molecule has 1 aliphatic rings. The third kappa shape index (κ3) is 9.13. The van der Waals surface area contributed by atoms with E-state index >= 15 is 0 Å². The van der Waals surface area contributed by atoms with Gasteiger partial charge in [-0.3, -0.25) is 4.79 Å². The van der Waals surface area contributed by atoms with Crippen LogP contribution >= 0.6 is 0 Å². The summed E-state index contributed by atoms with van der Waals surface area (Å²) in [7, 11) is 0. The van der Waals surface area contributed by atoms with Crippen LogP contribution in [0.4, 0.5) is 0 Å². The number of hydrogen-bond donors (Lipinski definition) is 1. The number of carbonyl (C=O) groups excluding carboxylic acids is 1. The van der Waals surface area contributed by atoms with E-state index in [-0.39, 0.29) is 30.4 Å². The zero-order chi connectivity index (χ0) is 21.8. The van der Waals surface area contributed by atoms with E-state index in [4.69, 9.17) is 18.9 Å². The van der Waals surface area contributed by atoms with Crippen LogP contribution in [0.25, 0.3) is 0 Å². The molecule has 0 saturated carbocycles. The van der Waals surface area contributed by atoms with Crippen LogP contribution in [0.15, 0.2) is 24.3 Å². The van der Waals surface area contributed by atoms with E-state index in [0.29, 0.717) is 39.1 Å². The minimum atomic E-state index is -0.254. The highest BCUT2D eigenvalue weighted by Crippen LogP contribution is 2.28. The van der Waals surface area contributed by atoms with Gasteiger partial charge >= 0.3 is 5.97 Å². The maximum atomic E-state index is 11.7. The predicted molar refractivity (Wildman–Crippen MR) is 115 cm³/mol. The summed E-state index contributed by atoms with van der Waals surface area (Å²) in [6.45, 7) is 8.03. The van der Waals surface area contributed by atoms with E-state index in [1.807, 2.05) is 32.9 Å². The minimum Gasteiger partial charge on any atom is -0.466 e. The Morgan fingerprint density at radius 2 is 2.17 bits per heavy atom. The average Bonchev–Trinajstić information content (AvgIpc) is 2.75. The molecule has 30 heavy (non-hydrogen) atoms. The van der Waals surface area contributed by atoms with Gasteiger partial charge in [-0.05, 0) is 43.7 Å². The van der Waals surface area contributed by atoms with Crippen LogP contribution in [-0.2, 0) is 30.2 Å². The maximum absolute atomic E-state index is 11.7. The first kappa shape index (κ1) is 24.8. The van der Waals surface area contributed by atoms with Gasteiger partial charge in [-0.1, -0.05) is 38.1 Å². The Hall–Kier alpha value is -1.47. The van der Waals surface area contributed by atoms with Crippen LogP contribution in [0.5, 0.6) is 0 Å². The quantitative estimate of drug-likeness (QED) is 0.379. The zero-order valence-corrected chi connectivity index (χ0v) is 18.7. The van der Waals surface area contributed by atoms with E-state index < -0.39 is 0 Å². The third-order valence-electron chi connectivity index (χ3n) is 5.15. The molecule has 1 aliphatic heterocycles. The summed E-state index contributed by atoms with van der Waals surface area (Å²) in [5.74, 6) is -0.175. The molecular formula is C24H38O6. The number of ether oxygens (including phenoxy) is 4. The molecule has 1 aromatic rings. The fourth-order valence-corrected chi connectivity index (χ4v) is 3.33. The Balaban J connectivity index is 1.99. The van der Waals surface area contributed by atoms with Gasteiger partial charge in [0.25, 0.3) is 0 Å². The van der Waals surface area contributed by atoms with Crippen molar-refractivity contribution in [2.45, 2.75) is 71.7 Å². The van der Waals surface area contributed by atoms with Crippen LogP contribution < -0.4 is 0 Å². The molecule has 1 fully saturated rings. The zero-order valence-electron chi connectivity index (χ0n) is 18.7. The molecule has 2 unspecified atom stereocenters. The van der Waals surface area contributed by atoms with Gasteiger partial charge in [0.15, 0.2) is 6.29 Å². The number of esters is 1. The third-order valence-corrected chi connectivity index (χ3v) is 5.15. The average molecular weight is 423 g/mol. The molecule has 0 aliphatic carbocycles. The van der Waals surface area contributed by atoms with E-state index in [0.717, 1.165) is 37.0 Å². The Labute approximate surface area is 180 Å². The summed E-state index contributed by atoms with van der Waals surface area (Å²) in [4.78, 5) is 11.7. The second-order valence-electron chi connectivity index (χ2n) is 8.63. The van der Waals surface area contributed by atoms with Crippen molar-refractivity contribution in [1.82, 2.24) is 0 Å². The van der Waals surface area contributed by atoms with Crippen molar-refractivity contribution in [2.24, 2.45) is 5.41 Å². The molecule has 2 rings (SSSR count). The van der Waals surface area contributed by atoms with Crippen LogP contribution in [0, 0.1) is 5.41 Å². The lowest BCUT2D eigenvalue weighted by Gasteiger charge is -2.29. The number of aliphatic hydroxyl groups excluding tert-OH is 1. The second-order valence-corrected chi connectivity index (χ2v) is 8.63. The van der Waals surface area contributed by atoms with Gasteiger partial charge in [-0.2, -0.15) is 0 Å². The first-order chi connectivity index (χ1) is 14.4. The van der Waals surface area contributed by atoms with Crippen molar-refractivity contribution in [3.63, 3.8) is 0 Å². The van der Waals surface area contributed by atoms with Gasteiger partial charge in [-0.15, -0.1) is 0 Å². The molecule has 170 valence electrons. The topological polar surface area (TPSA) is 74.2 Å². The SMILES string of the molecule is CCOC(=O)CCc1cccc(C(CCOCC(C)(C)CO)OC2CCCCO2)c1. The highest BCUT2D eigenvalue weighted by atomic mass is 16.7. The lowest BCUT2D eigenvalue weighted by Crippen LogP contribution is -2.26. The number of carbonyl (C=O) groups is 1. The van der Waals surface area contributed by atoms with E-state index in [9.17, 15) is 9.90 Å². The number of aliphatic hydroxyl groups is 1. The molecule has 1 saturated heterocycles. The number of benzene rings is 1. The number of aryl methyl sites for hydroxylation is 1. The second kappa shape index (κ2) is 13.1. The van der Waals surface area contributed by atoms with Gasteiger partial charge in [0.05, 0.1) is 25.9 Å². The van der Waals surface area contributed by atoms with Crippen LogP contribution in [-0.4, -0.2) is 50.4 Å². The molecular weight excluding hydrogens is 384 g/mol. The first-order valence-electron chi connectivity index (χ1n) is 11.1. The molecule has 6 heteroatoms. The van der Waals surface area contributed by atoms with Gasteiger partial charge < -0.3 is 24.1 Å². The summed E-state index contributed by atoms with van der Waals surface area (Å²) in [5, 5.41) is 9.40. The smallest absolute Gasteiger partial charge is 0.306 e. The Morgan fingerprint density at radius 3 is 2.87 bits per heavy atom. The van der Waals surface area contributed by atoms with Gasteiger partial charge in [0.2, 0.25) is 0 Å². The van der Waals surface area contributed by atoms with Crippen molar-refractivity contribution < 1.29 is 28.8 Å². The van der Waals surface area contributed by atoms with E-state index in [1.54, 1.807) is 0 Å². The molecule has 0 amide bonds. The van der Waals surface area contributed by atoms with Crippen LogP contribution in [0.2, 0.25) is 0 Å². The van der Waals surface area contributed by atoms with Gasteiger partial charge in [0.1, 0.15) is 0 Å². The monoisotopic (exact) mass is 422 g/mol. The lowest BCUT2D eigenvalue weighted by atomic mass is 9.96. The van der Waals surface area contributed by atoms with Crippen molar-refractivity contribution in [3.05, 3.63) is 35.4 Å². The molecule has 2 atom stereocenters. The summed E-state index contributed by atoms with van der Waals surface area (Å²) in [5.41, 5.74) is 1.90. The normalized spacial score (nSPS) is 18.2. The maximum Gasteiger partial charge on any atom is 0.306 e. The lowest BCUT2D eigenvalue weighted by molar-refractivity contribution is -0.193. The van der Waals surface area contributed by atoms with Crippen molar-refractivity contribution in [2.75, 3.05) is 33.0 Å². The number of rotatable bonds is 13. The molecule has 1 aromatic carbocycles. The Morgan fingerprint density at radius 1 is 1.33 bits per heavy atom. The molecule has 0 bridgehead atoms.